The van der Waals surface area contributed by atoms with Gasteiger partial charge in [0, 0.05) is 37.0 Å². The fraction of sp³-hybridized carbons (Fsp3) is 0.562. The lowest BCUT2D eigenvalue weighted by Crippen LogP contribution is -2.41. The molecule has 1 unspecified atom stereocenters. The van der Waals surface area contributed by atoms with Crippen LogP contribution < -0.4 is 4.90 Å². The summed E-state index contributed by atoms with van der Waals surface area (Å²) < 4.78 is 7.34. The van der Waals surface area contributed by atoms with Crippen molar-refractivity contribution in [3.05, 3.63) is 60.0 Å². The van der Waals surface area contributed by atoms with Crippen LogP contribution in [0, 0.1) is 23.7 Å². The molecule has 3 aliphatic rings. The van der Waals surface area contributed by atoms with Crippen molar-refractivity contribution in [3.8, 4) is 11.3 Å². The van der Waals surface area contributed by atoms with E-state index >= 15 is 0 Å². The lowest BCUT2D eigenvalue weighted by Gasteiger charge is -2.37. The Hall–Kier alpha value is -2.82. The third-order valence-electron chi connectivity index (χ3n) is 9.00. The molecule has 37 heavy (non-hydrogen) atoms. The van der Waals surface area contributed by atoms with Gasteiger partial charge in [-0.3, -0.25) is 9.48 Å². The van der Waals surface area contributed by atoms with E-state index < -0.39 is 0 Å². The molecule has 1 amide bonds. The van der Waals surface area contributed by atoms with Crippen molar-refractivity contribution < 1.29 is 9.53 Å². The summed E-state index contributed by atoms with van der Waals surface area (Å²) in [6, 6.07) is 10.5. The summed E-state index contributed by atoms with van der Waals surface area (Å²) in [6.45, 7) is 3.04. The molecule has 0 spiro atoms. The van der Waals surface area contributed by atoms with E-state index in [1.54, 1.807) is 7.11 Å². The number of nitrogens with zero attached hydrogens (tertiary/aromatic N) is 3. The summed E-state index contributed by atoms with van der Waals surface area (Å²) in [5.74, 6) is 3.45. The average Bonchev–Trinajstić information content (AvgIpc) is 3.38. The Morgan fingerprint density at radius 2 is 1.86 bits per heavy atom. The second-order valence-corrected chi connectivity index (χ2v) is 11.6. The predicted octanol–water partition coefficient (Wildman–Crippen LogP) is 7.30. The van der Waals surface area contributed by atoms with Gasteiger partial charge in [0.05, 0.1) is 12.8 Å². The summed E-state index contributed by atoms with van der Waals surface area (Å²) >= 11 is 0. The molecule has 1 aromatic carbocycles. The first-order chi connectivity index (χ1) is 18.0. The average molecular weight is 502 g/mol. The number of hydrogen-bond donors (Lipinski definition) is 0. The minimum atomic E-state index is 0.167. The van der Waals surface area contributed by atoms with Gasteiger partial charge in [-0.05, 0) is 99.5 Å². The summed E-state index contributed by atoms with van der Waals surface area (Å²) in [4.78, 5) is 16.1. The molecule has 2 aromatic rings. The number of aromatic nitrogens is 2. The van der Waals surface area contributed by atoms with Crippen LogP contribution in [-0.4, -0.2) is 29.3 Å². The van der Waals surface area contributed by atoms with Crippen LogP contribution in [0.2, 0.25) is 0 Å². The number of aryl methyl sites for hydroxylation is 1. The number of anilines is 1. The van der Waals surface area contributed by atoms with Gasteiger partial charge in [-0.1, -0.05) is 37.5 Å². The van der Waals surface area contributed by atoms with Gasteiger partial charge in [0.1, 0.15) is 5.76 Å². The number of ether oxygens (including phenoxy) is 1. The molecule has 1 atom stereocenters. The Morgan fingerprint density at radius 3 is 2.54 bits per heavy atom. The highest BCUT2D eigenvalue weighted by Gasteiger charge is 2.32. The van der Waals surface area contributed by atoms with Crippen LogP contribution in [0.3, 0.4) is 0 Å². The quantitative estimate of drug-likeness (QED) is 0.400. The van der Waals surface area contributed by atoms with Gasteiger partial charge in [-0.25, -0.2) is 0 Å². The number of hydrogen-bond acceptors (Lipinski definition) is 3. The number of methoxy groups -OCH3 is 1. The van der Waals surface area contributed by atoms with Crippen molar-refractivity contribution in [2.75, 3.05) is 18.6 Å². The number of carbonyl (C=O) groups is 1. The predicted molar refractivity (Wildman–Crippen MR) is 150 cm³/mol. The topological polar surface area (TPSA) is 47.4 Å². The van der Waals surface area contributed by atoms with Crippen LogP contribution in [0.25, 0.3) is 11.3 Å². The molecule has 0 aliphatic heterocycles. The van der Waals surface area contributed by atoms with Crippen molar-refractivity contribution in [2.24, 2.45) is 30.7 Å². The zero-order valence-electron chi connectivity index (χ0n) is 22.9. The molecule has 198 valence electrons. The maximum absolute atomic E-state index is 13.9. The minimum Gasteiger partial charge on any atom is -0.497 e. The molecular formula is C32H43N3O2. The Labute approximate surface area is 222 Å². The highest BCUT2D eigenvalue weighted by Crippen LogP contribution is 2.40. The fourth-order valence-electron chi connectivity index (χ4n) is 6.79. The van der Waals surface area contributed by atoms with Crippen molar-refractivity contribution in [1.82, 2.24) is 9.78 Å². The zero-order chi connectivity index (χ0) is 25.8. The molecule has 5 heteroatoms. The van der Waals surface area contributed by atoms with E-state index in [9.17, 15) is 4.79 Å². The van der Waals surface area contributed by atoms with Gasteiger partial charge in [0.25, 0.3) is 0 Å². The number of amides is 1. The monoisotopic (exact) mass is 501 g/mol. The molecule has 0 bridgehead atoms. The normalized spacial score (nSPS) is 24.8. The molecule has 0 N–H and O–H groups in total. The molecule has 0 radical (unpaired) electrons. The zero-order valence-corrected chi connectivity index (χ0v) is 22.9. The second-order valence-electron chi connectivity index (χ2n) is 11.6. The van der Waals surface area contributed by atoms with E-state index in [4.69, 9.17) is 4.74 Å². The molecule has 3 aliphatic carbocycles. The molecule has 2 saturated carbocycles. The maximum atomic E-state index is 13.9. The van der Waals surface area contributed by atoms with Gasteiger partial charge < -0.3 is 9.64 Å². The van der Waals surface area contributed by atoms with E-state index in [-0.39, 0.29) is 5.92 Å². The minimum absolute atomic E-state index is 0.167. The second kappa shape index (κ2) is 11.7. The third-order valence-corrected chi connectivity index (χ3v) is 9.00. The SMILES string of the molecule is COC1=C(C)CC([C@H]2CC[C@H](CN(C(=O)C3CCCCC3)c3cccc(-c4ccn(C)n4)c3)CC2)C=C1. The molecule has 0 saturated heterocycles. The van der Waals surface area contributed by atoms with Crippen molar-refractivity contribution in [3.63, 3.8) is 0 Å². The maximum Gasteiger partial charge on any atom is 0.230 e. The lowest BCUT2D eigenvalue weighted by atomic mass is 9.72. The van der Waals surface area contributed by atoms with Crippen LogP contribution in [-0.2, 0) is 16.6 Å². The van der Waals surface area contributed by atoms with Crippen molar-refractivity contribution in [2.45, 2.75) is 71.1 Å². The van der Waals surface area contributed by atoms with Crippen LogP contribution in [0.4, 0.5) is 5.69 Å². The summed E-state index contributed by atoms with van der Waals surface area (Å²) in [5.41, 5.74) is 4.43. The van der Waals surface area contributed by atoms with Crippen molar-refractivity contribution in [1.29, 1.82) is 0 Å². The summed E-state index contributed by atoms with van der Waals surface area (Å²) in [6.07, 6.45) is 18.2. The number of rotatable bonds is 7. The molecule has 1 aromatic heterocycles. The van der Waals surface area contributed by atoms with Gasteiger partial charge in [-0.15, -0.1) is 0 Å². The highest BCUT2D eigenvalue weighted by molar-refractivity contribution is 5.95. The molecule has 2 fully saturated rings. The molecule has 5 nitrogen and oxygen atoms in total. The van der Waals surface area contributed by atoms with Gasteiger partial charge in [0.15, 0.2) is 0 Å². The molecular weight excluding hydrogens is 458 g/mol. The van der Waals surface area contributed by atoms with Gasteiger partial charge in [0.2, 0.25) is 5.91 Å². The third kappa shape index (κ3) is 6.02. The standard InChI is InChI=1S/C32H43N3O2/c1-23-20-27(16-17-31(23)37-3)25-14-12-24(13-15-25)22-35(32(36)26-8-5-4-6-9-26)29-11-7-10-28(21-29)30-18-19-34(2)33-30/h7,10-11,16-19,21,24-27H,4-6,8-9,12-15,20,22H2,1-3H3/t24-,25-,27?. The Bertz CT molecular complexity index is 1130. The first-order valence-corrected chi connectivity index (χ1v) is 14.3. The summed E-state index contributed by atoms with van der Waals surface area (Å²) in [5, 5.41) is 4.60. The van der Waals surface area contributed by atoms with Crippen LogP contribution >= 0.6 is 0 Å². The smallest absolute Gasteiger partial charge is 0.230 e. The Morgan fingerprint density at radius 1 is 1.08 bits per heavy atom. The van der Waals surface area contributed by atoms with Crippen molar-refractivity contribution >= 4 is 11.6 Å². The first-order valence-electron chi connectivity index (χ1n) is 14.3. The van der Waals surface area contributed by atoms with Crippen LogP contribution in [0.15, 0.2) is 60.0 Å². The van der Waals surface area contributed by atoms with E-state index in [0.29, 0.717) is 17.7 Å². The van der Waals surface area contributed by atoms with E-state index in [1.807, 2.05) is 24.0 Å². The highest BCUT2D eigenvalue weighted by atomic mass is 16.5. The van der Waals surface area contributed by atoms with E-state index in [1.165, 1.54) is 50.5 Å². The molecule has 5 rings (SSSR count). The Kier molecular flexibility index (Phi) is 8.17. The number of carbonyl (C=O) groups excluding carboxylic acids is 1. The number of allylic oxidation sites excluding steroid dienone is 3. The van der Waals surface area contributed by atoms with E-state index in [0.717, 1.165) is 54.4 Å². The largest absolute Gasteiger partial charge is 0.497 e. The van der Waals surface area contributed by atoms with Crippen LogP contribution in [0.5, 0.6) is 0 Å². The number of benzene rings is 1. The first kappa shape index (κ1) is 25.8. The van der Waals surface area contributed by atoms with Gasteiger partial charge in [-0.2, -0.15) is 5.10 Å². The lowest BCUT2D eigenvalue weighted by molar-refractivity contribution is -0.123. The molecule has 1 heterocycles. The fourth-order valence-corrected chi connectivity index (χ4v) is 6.79. The van der Waals surface area contributed by atoms with Gasteiger partial charge >= 0.3 is 0 Å². The Balaban J connectivity index is 1.29. The van der Waals surface area contributed by atoms with Crippen LogP contribution in [0.1, 0.15) is 71.1 Å². The summed E-state index contributed by atoms with van der Waals surface area (Å²) in [7, 11) is 3.71. The van der Waals surface area contributed by atoms with E-state index in [2.05, 4.69) is 53.3 Å².